The zero-order chi connectivity index (χ0) is 17.4. The van der Waals surface area contributed by atoms with Crippen LogP contribution in [0.3, 0.4) is 0 Å². The Balaban J connectivity index is 1.72. The summed E-state index contributed by atoms with van der Waals surface area (Å²) in [5.74, 6) is 0.660. The summed E-state index contributed by atoms with van der Waals surface area (Å²) in [4.78, 5) is 25.9. The smallest absolute Gasteiger partial charge is 0.251 e. The molecule has 0 spiro atoms. The van der Waals surface area contributed by atoms with Crippen LogP contribution in [-0.4, -0.2) is 57.0 Å². The first kappa shape index (κ1) is 18.4. The maximum atomic E-state index is 12.1. The Morgan fingerprint density at radius 1 is 1.21 bits per heavy atom. The molecule has 1 aromatic carbocycles. The molecule has 132 valence electrons. The van der Waals surface area contributed by atoms with Gasteiger partial charge in [-0.05, 0) is 57.1 Å². The fraction of sp³-hybridized carbons (Fsp3) is 0.556. The number of benzene rings is 1. The van der Waals surface area contributed by atoms with Crippen molar-refractivity contribution < 1.29 is 9.59 Å². The average molecular weight is 332 g/mol. The highest BCUT2D eigenvalue weighted by Crippen LogP contribution is 2.27. The molecular weight excluding hydrogens is 304 g/mol. The summed E-state index contributed by atoms with van der Waals surface area (Å²) in [6.07, 6.45) is 2.55. The molecule has 0 bridgehead atoms. The minimum atomic E-state index is -0.0869. The quantitative estimate of drug-likeness (QED) is 0.586. The molecule has 2 rings (SSSR count). The van der Waals surface area contributed by atoms with Gasteiger partial charge in [-0.2, -0.15) is 0 Å². The molecule has 0 atom stereocenters. The highest BCUT2D eigenvalue weighted by molar-refractivity contribution is 5.94. The van der Waals surface area contributed by atoms with Crippen molar-refractivity contribution >= 4 is 11.8 Å². The predicted octanol–water partition coefficient (Wildman–Crippen LogP) is 0.594. The lowest BCUT2D eigenvalue weighted by Crippen LogP contribution is -2.34. The molecule has 24 heavy (non-hydrogen) atoms. The zero-order valence-electron chi connectivity index (χ0n) is 14.6. The summed E-state index contributed by atoms with van der Waals surface area (Å²) in [5.41, 5.74) is 1.54. The van der Waals surface area contributed by atoms with Gasteiger partial charge in [-0.3, -0.25) is 9.59 Å². The van der Waals surface area contributed by atoms with E-state index in [-0.39, 0.29) is 11.8 Å². The third-order valence-electron chi connectivity index (χ3n) is 3.94. The van der Waals surface area contributed by atoms with Crippen molar-refractivity contribution in [3.8, 4) is 0 Å². The van der Waals surface area contributed by atoms with Crippen LogP contribution in [-0.2, 0) is 11.3 Å². The molecule has 1 aromatic rings. The van der Waals surface area contributed by atoms with E-state index in [1.54, 1.807) is 6.07 Å². The first-order valence-corrected chi connectivity index (χ1v) is 8.54. The number of hydrogen-bond acceptors (Lipinski definition) is 4. The van der Waals surface area contributed by atoms with Gasteiger partial charge < -0.3 is 20.9 Å². The van der Waals surface area contributed by atoms with E-state index in [2.05, 4.69) is 16.0 Å². The molecule has 1 fully saturated rings. The molecule has 0 aromatic heterocycles. The minimum absolute atomic E-state index is 0.0171. The Bertz CT molecular complexity index is 556. The van der Waals surface area contributed by atoms with E-state index in [0.29, 0.717) is 25.2 Å². The van der Waals surface area contributed by atoms with Crippen LogP contribution < -0.4 is 16.0 Å². The molecule has 1 saturated carbocycles. The van der Waals surface area contributed by atoms with E-state index in [9.17, 15) is 9.59 Å². The molecule has 0 radical (unpaired) electrons. The molecule has 2 amide bonds. The van der Waals surface area contributed by atoms with Gasteiger partial charge >= 0.3 is 0 Å². The number of hydrogen-bond donors (Lipinski definition) is 3. The summed E-state index contributed by atoms with van der Waals surface area (Å²) < 4.78 is 0. The molecule has 0 aliphatic heterocycles. The lowest BCUT2D eigenvalue weighted by atomic mass is 10.1. The molecule has 0 saturated heterocycles. The van der Waals surface area contributed by atoms with Crippen molar-refractivity contribution in [2.24, 2.45) is 5.92 Å². The molecule has 3 N–H and O–H groups in total. The molecule has 1 aliphatic rings. The average Bonchev–Trinajstić information content (AvgIpc) is 3.37. The summed E-state index contributed by atoms with van der Waals surface area (Å²) in [7, 11) is 3.93. The molecule has 1 aliphatic carbocycles. The molecular formula is C18H28N4O2. The number of rotatable bonds is 10. The van der Waals surface area contributed by atoms with Crippen molar-refractivity contribution in [1.29, 1.82) is 0 Å². The third-order valence-corrected chi connectivity index (χ3v) is 3.94. The van der Waals surface area contributed by atoms with Crippen LogP contribution in [0.5, 0.6) is 0 Å². The Hall–Kier alpha value is -1.92. The van der Waals surface area contributed by atoms with E-state index in [4.69, 9.17) is 0 Å². The third kappa shape index (κ3) is 7.10. The molecule has 6 nitrogen and oxygen atoms in total. The monoisotopic (exact) mass is 332 g/mol. The van der Waals surface area contributed by atoms with Crippen molar-refractivity contribution in [2.75, 3.05) is 40.3 Å². The Morgan fingerprint density at radius 2 is 2.00 bits per heavy atom. The van der Waals surface area contributed by atoms with E-state index in [1.165, 1.54) is 12.8 Å². The summed E-state index contributed by atoms with van der Waals surface area (Å²) >= 11 is 0. The van der Waals surface area contributed by atoms with Crippen LogP contribution in [0, 0.1) is 5.92 Å². The molecule has 0 heterocycles. The first-order valence-electron chi connectivity index (χ1n) is 8.54. The number of nitrogens with zero attached hydrogens (tertiary/aromatic N) is 1. The fourth-order valence-corrected chi connectivity index (χ4v) is 2.29. The van der Waals surface area contributed by atoms with Gasteiger partial charge in [0, 0.05) is 25.2 Å². The normalized spacial score (nSPS) is 13.8. The van der Waals surface area contributed by atoms with Crippen LogP contribution in [0.2, 0.25) is 0 Å². The van der Waals surface area contributed by atoms with Gasteiger partial charge in [-0.1, -0.05) is 12.1 Å². The summed E-state index contributed by atoms with van der Waals surface area (Å²) in [5, 5.41) is 8.93. The van der Waals surface area contributed by atoms with Crippen molar-refractivity contribution in [2.45, 2.75) is 19.4 Å². The topological polar surface area (TPSA) is 73.5 Å². The largest absolute Gasteiger partial charge is 0.351 e. The van der Waals surface area contributed by atoms with E-state index < -0.39 is 0 Å². The van der Waals surface area contributed by atoms with E-state index in [0.717, 1.165) is 24.6 Å². The zero-order valence-corrected chi connectivity index (χ0v) is 14.6. The lowest BCUT2D eigenvalue weighted by molar-refractivity contribution is -0.120. The van der Waals surface area contributed by atoms with Crippen LogP contribution in [0.15, 0.2) is 24.3 Å². The first-order chi connectivity index (χ1) is 11.5. The van der Waals surface area contributed by atoms with Gasteiger partial charge in [-0.25, -0.2) is 0 Å². The van der Waals surface area contributed by atoms with Crippen LogP contribution in [0.4, 0.5) is 0 Å². The van der Waals surface area contributed by atoms with Crippen LogP contribution in [0.1, 0.15) is 28.8 Å². The Morgan fingerprint density at radius 3 is 2.71 bits per heavy atom. The number of nitrogens with one attached hydrogen (secondary N) is 3. The summed E-state index contributed by atoms with van der Waals surface area (Å²) in [6.45, 7) is 3.12. The maximum Gasteiger partial charge on any atom is 0.251 e. The van der Waals surface area contributed by atoms with Gasteiger partial charge in [-0.15, -0.1) is 0 Å². The van der Waals surface area contributed by atoms with Gasteiger partial charge in [0.2, 0.25) is 5.91 Å². The number of carbonyl (C=O) groups excluding carboxylic acids is 2. The SMILES string of the molecule is CN(C)CCNC(=O)c1cccc(CNC(=O)CNCC2CC2)c1. The fourth-order valence-electron chi connectivity index (χ4n) is 2.29. The van der Waals surface area contributed by atoms with Gasteiger partial charge in [0.1, 0.15) is 0 Å². The Labute approximate surface area is 144 Å². The lowest BCUT2D eigenvalue weighted by Gasteiger charge is -2.11. The second kappa shape index (κ2) is 9.39. The van der Waals surface area contributed by atoms with Gasteiger partial charge in [0.15, 0.2) is 0 Å². The molecule has 6 heteroatoms. The second-order valence-electron chi connectivity index (χ2n) is 6.61. The Kier molecular flexibility index (Phi) is 7.21. The van der Waals surface area contributed by atoms with Crippen LogP contribution >= 0.6 is 0 Å². The highest BCUT2D eigenvalue weighted by atomic mass is 16.2. The van der Waals surface area contributed by atoms with Crippen molar-refractivity contribution in [1.82, 2.24) is 20.9 Å². The van der Waals surface area contributed by atoms with Crippen LogP contribution in [0.25, 0.3) is 0 Å². The predicted molar refractivity (Wildman–Crippen MR) is 94.8 cm³/mol. The van der Waals surface area contributed by atoms with E-state index in [1.807, 2.05) is 37.2 Å². The van der Waals surface area contributed by atoms with E-state index >= 15 is 0 Å². The van der Waals surface area contributed by atoms with Gasteiger partial charge in [0.25, 0.3) is 5.91 Å². The number of carbonyl (C=O) groups is 2. The highest BCUT2D eigenvalue weighted by Gasteiger charge is 2.20. The summed E-state index contributed by atoms with van der Waals surface area (Å²) in [6, 6.07) is 7.36. The number of likely N-dealkylation sites (N-methyl/N-ethyl adjacent to an activating group) is 1. The minimum Gasteiger partial charge on any atom is -0.351 e. The second-order valence-corrected chi connectivity index (χ2v) is 6.61. The molecule has 0 unspecified atom stereocenters. The van der Waals surface area contributed by atoms with Gasteiger partial charge in [0.05, 0.1) is 6.54 Å². The standard InChI is InChI=1S/C18H28N4O2/c1-22(2)9-8-20-18(24)16-5-3-4-15(10-16)12-21-17(23)13-19-11-14-6-7-14/h3-5,10,14,19H,6-9,11-13H2,1-2H3,(H,20,24)(H,21,23). The number of amides is 2. The maximum absolute atomic E-state index is 12.1. The van der Waals surface area contributed by atoms with Crippen molar-refractivity contribution in [3.63, 3.8) is 0 Å². The van der Waals surface area contributed by atoms with Crippen molar-refractivity contribution in [3.05, 3.63) is 35.4 Å².